The number of methoxy groups -OCH3 is 2. The van der Waals surface area contributed by atoms with E-state index in [1.165, 1.54) is 26.4 Å². The lowest BCUT2D eigenvalue weighted by molar-refractivity contribution is -0.122. The van der Waals surface area contributed by atoms with Crippen LogP contribution in [-0.4, -0.2) is 26.2 Å². The predicted octanol–water partition coefficient (Wildman–Crippen LogP) is 1.76. The van der Waals surface area contributed by atoms with Crippen LogP contribution in [0.2, 0.25) is 0 Å². The van der Waals surface area contributed by atoms with Crippen LogP contribution in [0, 0.1) is 5.82 Å². The summed E-state index contributed by atoms with van der Waals surface area (Å²) in [7, 11) is 2.91. The maximum Gasteiger partial charge on any atom is 0.222 e. The van der Waals surface area contributed by atoms with Gasteiger partial charge in [0.25, 0.3) is 0 Å². The molecule has 0 fully saturated rings. The van der Waals surface area contributed by atoms with E-state index in [2.05, 4.69) is 5.32 Å². The first-order chi connectivity index (χ1) is 9.38. The van der Waals surface area contributed by atoms with Gasteiger partial charge >= 0.3 is 0 Å². The molecule has 1 aromatic carbocycles. The minimum Gasteiger partial charge on any atom is -0.493 e. The van der Waals surface area contributed by atoms with Crippen molar-refractivity contribution in [2.45, 2.75) is 32.4 Å². The number of carbonyl (C=O) groups excluding carboxylic acids is 1. The van der Waals surface area contributed by atoms with Gasteiger partial charge < -0.3 is 20.5 Å². The molecule has 1 rings (SSSR count). The number of hydrogen-bond donors (Lipinski definition) is 2. The fourth-order valence-electron chi connectivity index (χ4n) is 1.87. The molecule has 0 aromatic heterocycles. The van der Waals surface area contributed by atoms with Gasteiger partial charge in [0.05, 0.1) is 20.3 Å². The molecule has 112 valence electrons. The number of ether oxygens (including phenoxy) is 2. The third kappa shape index (κ3) is 4.09. The normalized spacial score (nSPS) is 13.5. The van der Waals surface area contributed by atoms with E-state index < -0.39 is 11.9 Å². The minimum absolute atomic E-state index is 0.194. The third-order valence-corrected chi connectivity index (χ3v) is 2.85. The van der Waals surface area contributed by atoms with Crippen molar-refractivity contribution in [3.8, 4) is 11.5 Å². The lowest BCUT2D eigenvalue weighted by Gasteiger charge is -2.18. The molecule has 1 aromatic rings. The molecule has 0 aliphatic rings. The van der Waals surface area contributed by atoms with Crippen LogP contribution in [-0.2, 0) is 4.79 Å². The molecule has 5 nitrogen and oxygen atoms in total. The average molecular weight is 284 g/mol. The second-order valence-electron chi connectivity index (χ2n) is 4.70. The van der Waals surface area contributed by atoms with Crippen molar-refractivity contribution in [1.82, 2.24) is 5.32 Å². The largest absolute Gasteiger partial charge is 0.493 e. The fourth-order valence-corrected chi connectivity index (χ4v) is 1.87. The summed E-state index contributed by atoms with van der Waals surface area (Å²) in [5.41, 5.74) is 5.88. The second-order valence-corrected chi connectivity index (χ2v) is 4.70. The smallest absolute Gasteiger partial charge is 0.222 e. The molecule has 2 atom stereocenters. The average Bonchev–Trinajstić information content (AvgIpc) is 2.36. The van der Waals surface area contributed by atoms with Gasteiger partial charge in [0.15, 0.2) is 11.5 Å². The summed E-state index contributed by atoms with van der Waals surface area (Å²) in [6, 6.07) is 2.03. The van der Waals surface area contributed by atoms with Crippen LogP contribution in [0.4, 0.5) is 4.39 Å². The Balaban J connectivity index is 2.92. The number of amides is 1. The van der Waals surface area contributed by atoms with Crippen LogP contribution in [0.25, 0.3) is 0 Å². The number of hydrogen-bond acceptors (Lipinski definition) is 4. The molecule has 3 N–H and O–H groups in total. The molecule has 20 heavy (non-hydrogen) atoms. The molecule has 2 unspecified atom stereocenters. The first-order valence-electron chi connectivity index (χ1n) is 6.35. The van der Waals surface area contributed by atoms with E-state index in [9.17, 15) is 9.18 Å². The topological polar surface area (TPSA) is 73.6 Å². The van der Waals surface area contributed by atoms with Gasteiger partial charge in [-0.05, 0) is 19.9 Å². The highest BCUT2D eigenvalue weighted by atomic mass is 19.1. The summed E-state index contributed by atoms with van der Waals surface area (Å²) in [6.45, 7) is 3.44. The highest BCUT2D eigenvalue weighted by Gasteiger charge is 2.18. The Hall–Kier alpha value is -1.82. The van der Waals surface area contributed by atoms with Crippen molar-refractivity contribution in [3.63, 3.8) is 0 Å². The van der Waals surface area contributed by atoms with Gasteiger partial charge in [0.2, 0.25) is 5.91 Å². The molecule has 0 aliphatic carbocycles. The standard InChI is InChI=1S/C14H21FN2O3/c1-8(16)5-14(18)17-9(2)10-6-12(19-3)13(20-4)7-11(10)15/h6-9H,5,16H2,1-4H3,(H,17,18). The molecule has 0 aliphatic heterocycles. The Kier molecular flexibility index (Phi) is 5.76. The number of nitrogens with one attached hydrogen (secondary N) is 1. The zero-order valence-corrected chi connectivity index (χ0v) is 12.2. The van der Waals surface area contributed by atoms with Crippen LogP contribution in [0.5, 0.6) is 11.5 Å². The number of rotatable bonds is 6. The Morgan fingerprint density at radius 1 is 1.30 bits per heavy atom. The highest BCUT2D eigenvalue weighted by molar-refractivity contribution is 5.77. The summed E-state index contributed by atoms with van der Waals surface area (Å²) in [5, 5.41) is 2.70. The molecule has 0 heterocycles. The lowest BCUT2D eigenvalue weighted by atomic mass is 10.1. The van der Waals surface area contributed by atoms with E-state index in [-0.39, 0.29) is 18.4 Å². The lowest BCUT2D eigenvalue weighted by Crippen LogP contribution is -2.32. The fraction of sp³-hybridized carbons (Fsp3) is 0.500. The molecule has 1 amide bonds. The van der Waals surface area contributed by atoms with Crippen LogP contribution >= 0.6 is 0 Å². The summed E-state index contributed by atoms with van der Waals surface area (Å²) in [5.74, 6) is 0.0398. The van der Waals surface area contributed by atoms with Gasteiger partial charge in [-0.3, -0.25) is 4.79 Å². The quantitative estimate of drug-likeness (QED) is 0.834. The van der Waals surface area contributed by atoms with Crippen LogP contribution in [0.15, 0.2) is 12.1 Å². The molecule has 0 spiro atoms. The second kappa shape index (κ2) is 7.09. The van der Waals surface area contributed by atoms with Crippen molar-refractivity contribution in [3.05, 3.63) is 23.5 Å². The first kappa shape index (κ1) is 16.2. The summed E-state index contributed by atoms with van der Waals surface area (Å²) >= 11 is 0. The van der Waals surface area contributed by atoms with Crippen LogP contribution in [0.1, 0.15) is 31.9 Å². The first-order valence-corrected chi connectivity index (χ1v) is 6.35. The van der Waals surface area contributed by atoms with Gasteiger partial charge in [-0.2, -0.15) is 0 Å². The summed E-state index contributed by atoms with van der Waals surface area (Å²) in [6.07, 6.45) is 0.194. The highest BCUT2D eigenvalue weighted by Crippen LogP contribution is 2.32. The molecule has 0 saturated carbocycles. The van der Waals surface area contributed by atoms with Crippen molar-refractivity contribution in [1.29, 1.82) is 0 Å². The van der Waals surface area contributed by atoms with Crippen molar-refractivity contribution >= 4 is 5.91 Å². The van der Waals surface area contributed by atoms with Gasteiger partial charge in [-0.15, -0.1) is 0 Å². The molecule has 0 bridgehead atoms. The minimum atomic E-state index is -0.485. The third-order valence-electron chi connectivity index (χ3n) is 2.85. The van der Waals surface area contributed by atoms with Crippen molar-refractivity contribution in [2.24, 2.45) is 5.73 Å². The summed E-state index contributed by atoms with van der Waals surface area (Å²) in [4.78, 5) is 11.7. The van der Waals surface area contributed by atoms with Gasteiger partial charge in [0.1, 0.15) is 5.82 Å². The SMILES string of the molecule is COc1cc(F)c(C(C)NC(=O)CC(C)N)cc1OC. The van der Waals surface area contributed by atoms with Crippen molar-refractivity contribution in [2.75, 3.05) is 14.2 Å². The molecular formula is C14H21FN2O3. The number of carbonyl (C=O) groups is 1. The Morgan fingerprint density at radius 3 is 2.35 bits per heavy atom. The number of halogens is 1. The Bertz CT molecular complexity index is 478. The van der Waals surface area contributed by atoms with Gasteiger partial charge in [-0.1, -0.05) is 0 Å². The van der Waals surface area contributed by atoms with Gasteiger partial charge in [-0.25, -0.2) is 4.39 Å². The molecule has 0 radical (unpaired) electrons. The number of nitrogens with two attached hydrogens (primary N) is 1. The van der Waals surface area contributed by atoms with E-state index in [0.29, 0.717) is 17.1 Å². The van der Waals surface area contributed by atoms with Crippen LogP contribution in [0.3, 0.4) is 0 Å². The maximum atomic E-state index is 14.0. The van der Waals surface area contributed by atoms with E-state index in [1.807, 2.05) is 0 Å². The van der Waals surface area contributed by atoms with E-state index >= 15 is 0 Å². The van der Waals surface area contributed by atoms with Gasteiger partial charge in [0, 0.05) is 24.1 Å². The Labute approximate surface area is 118 Å². The van der Waals surface area contributed by atoms with E-state index in [4.69, 9.17) is 15.2 Å². The van der Waals surface area contributed by atoms with E-state index in [0.717, 1.165) is 0 Å². The Morgan fingerprint density at radius 2 is 1.85 bits per heavy atom. The number of benzene rings is 1. The maximum absolute atomic E-state index is 14.0. The van der Waals surface area contributed by atoms with Crippen molar-refractivity contribution < 1.29 is 18.7 Å². The zero-order chi connectivity index (χ0) is 15.3. The van der Waals surface area contributed by atoms with E-state index in [1.54, 1.807) is 13.8 Å². The predicted molar refractivity (Wildman–Crippen MR) is 74.3 cm³/mol. The monoisotopic (exact) mass is 284 g/mol. The molecule has 6 heteroatoms. The molecular weight excluding hydrogens is 263 g/mol. The van der Waals surface area contributed by atoms with Crippen LogP contribution < -0.4 is 20.5 Å². The zero-order valence-electron chi connectivity index (χ0n) is 12.2. The summed E-state index contributed by atoms with van der Waals surface area (Å²) < 4.78 is 24.1. The molecule has 0 saturated heterocycles.